The minimum atomic E-state index is -1.69. The largest absolute Gasteiger partial charge is 0.507 e. The smallest absolute Gasteiger partial charge is 0.344 e. The fourth-order valence-electron chi connectivity index (χ4n) is 2.15. The molecule has 22 heavy (non-hydrogen) atoms. The first-order valence-corrected chi connectivity index (χ1v) is 6.66. The van der Waals surface area contributed by atoms with E-state index in [1.54, 1.807) is 13.0 Å². The highest BCUT2D eigenvalue weighted by molar-refractivity contribution is 5.92. The highest BCUT2D eigenvalue weighted by Gasteiger charge is 2.45. The number of ether oxygens (including phenoxy) is 2. The van der Waals surface area contributed by atoms with Gasteiger partial charge in [0.25, 0.3) is 0 Å². The number of hydrogen-bond donors (Lipinski definition) is 5. The van der Waals surface area contributed by atoms with Crippen LogP contribution in [0.25, 0.3) is 0 Å². The molecule has 1 aromatic carbocycles. The Morgan fingerprint density at radius 2 is 1.91 bits per heavy atom. The Hall–Kier alpha value is -1.71. The summed E-state index contributed by atoms with van der Waals surface area (Å²) in [6.07, 6.45) is -7.63. The lowest BCUT2D eigenvalue weighted by Crippen LogP contribution is -2.59. The number of aliphatic hydroxyl groups is 4. The molecule has 0 amide bonds. The Labute approximate surface area is 126 Å². The molecule has 0 aromatic heterocycles. The molecule has 5 atom stereocenters. The average Bonchev–Trinajstić information content (AvgIpc) is 2.50. The zero-order valence-corrected chi connectivity index (χ0v) is 11.8. The Morgan fingerprint density at radius 3 is 2.55 bits per heavy atom. The summed E-state index contributed by atoms with van der Waals surface area (Å²) >= 11 is 0. The van der Waals surface area contributed by atoms with Crippen molar-refractivity contribution in [3.8, 4) is 5.75 Å². The number of rotatable bonds is 3. The third kappa shape index (κ3) is 3.21. The van der Waals surface area contributed by atoms with E-state index >= 15 is 0 Å². The maximum atomic E-state index is 12.0. The van der Waals surface area contributed by atoms with Crippen molar-refractivity contribution in [1.29, 1.82) is 0 Å². The molecule has 1 heterocycles. The summed E-state index contributed by atoms with van der Waals surface area (Å²) in [7, 11) is 0. The average molecular weight is 314 g/mol. The number of phenolic OH excluding ortho intramolecular Hbond substituents is 1. The van der Waals surface area contributed by atoms with Crippen molar-refractivity contribution in [2.45, 2.75) is 37.6 Å². The number of benzene rings is 1. The van der Waals surface area contributed by atoms with Crippen LogP contribution in [0.5, 0.6) is 5.75 Å². The topological polar surface area (TPSA) is 137 Å². The van der Waals surface area contributed by atoms with Gasteiger partial charge in [-0.3, -0.25) is 0 Å². The Morgan fingerprint density at radius 1 is 1.23 bits per heavy atom. The molecule has 0 saturated carbocycles. The summed E-state index contributed by atoms with van der Waals surface area (Å²) in [5.74, 6) is -1.27. The molecule has 8 heteroatoms. The lowest BCUT2D eigenvalue weighted by atomic mass is 9.99. The molecule has 0 radical (unpaired) electrons. The van der Waals surface area contributed by atoms with Gasteiger partial charge in [0, 0.05) is 0 Å². The van der Waals surface area contributed by atoms with Gasteiger partial charge < -0.3 is 35.0 Å². The summed E-state index contributed by atoms with van der Waals surface area (Å²) in [5.41, 5.74) is 0.579. The molecule has 8 nitrogen and oxygen atoms in total. The van der Waals surface area contributed by atoms with Crippen LogP contribution >= 0.6 is 0 Å². The van der Waals surface area contributed by atoms with Crippen molar-refractivity contribution in [2.75, 3.05) is 6.61 Å². The van der Waals surface area contributed by atoms with Crippen molar-refractivity contribution in [1.82, 2.24) is 0 Å². The van der Waals surface area contributed by atoms with E-state index in [0.29, 0.717) is 5.56 Å². The Balaban J connectivity index is 2.15. The van der Waals surface area contributed by atoms with E-state index < -0.39 is 43.3 Å². The van der Waals surface area contributed by atoms with Gasteiger partial charge >= 0.3 is 5.97 Å². The number of esters is 1. The third-order valence-corrected chi connectivity index (χ3v) is 3.44. The first-order valence-electron chi connectivity index (χ1n) is 6.66. The fraction of sp³-hybridized carbons (Fsp3) is 0.500. The van der Waals surface area contributed by atoms with Crippen LogP contribution in [-0.2, 0) is 9.47 Å². The second kappa shape index (κ2) is 6.59. The highest BCUT2D eigenvalue weighted by Crippen LogP contribution is 2.25. The van der Waals surface area contributed by atoms with E-state index in [1.165, 1.54) is 12.1 Å². The van der Waals surface area contributed by atoms with Crippen LogP contribution in [-0.4, -0.2) is 68.8 Å². The fourth-order valence-corrected chi connectivity index (χ4v) is 2.15. The van der Waals surface area contributed by atoms with Crippen LogP contribution < -0.4 is 0 Å². The highest BCUT2D eigenvalue weighted by atomic mass is 16.7. The molecule has 122 valence electrons. The summed E-state index contributed by atoms with van der Waals surface area (Å²) in [6.45, 7) is 1.08. The molecular formula is C14H18O8. The van der Waals surface area contributed by atoms with Crippen LogP contribution in [0.15, 0.2) is 18.2 Å². The molecule has 1 aliphatic heterocycles. The van der Waals surface area contributed by atoms with Crippen molar-refractivity contribution in [2.24, 2.45) is 0 Å². The van der Waals surface area contributed by atoms with Crippen LogP contribution in [0.3, 0.4) is 0 Å². The molecule has 1 saturated heterocycles. The van der Waals surface area contributed by atoms with Gasteiger partial charge in [-0.2, -0.15) is 0 Å². The van der Waals surface area contributed by atoms with Crippen molar-refractivity contribution < 1.29 is 39.8 Å². The van der Waals surface area contributed by atoms with Gasteiger partial charge in [0.15, 0.2) is 0 Å². The number of phenols is 1. The molecule has 0 unspecified atom stereocenters. The molecular weight excluding hydrogens is 296 g/mol. The van der Waals surface area contributed by atoms with Crippen molar-refractivity contribution >= 4 is 5.97 Å². The minimum Gasteiger partial charge on any atom is -0.507 e. The molecule has 1 aromatic rings. The first kappa shape index (κ1) is 16.7. The lowest BCUT2D eigenvalue weighted by molar-refractivity contribution is -0.285. The standard InChI is InChI=1S/C14H18O8/c1-6-2-3-8(16)7(4-6)13(20)22-14-12(19)11(18)10(17)9(5-15)21-14/h2-4,9-12,14-19H,5H2,1H3/t9-,10-,11+,12-,14+/m1/s1. The van der Waals surface area contributed by atoms with Gasteiger partial charge in [0.1, 0.15) is 35.7 Å². The molecule has 1 aliphatic rings. The first-order chi connectivity index (χ1) is 10.3. The molecule has 2 rings (SSSR count). The monoisotopic (exact) mass is 314 g/mol. The summed E-state index contributed by atoms with van der Waals surface area (Å²) < 4.78 is 9.98. The summed E-state index contributed by atoms with van der Waals surface area (Å²) in [6, 6.07) is 4.31. The molecule has 1 fully saturated rings. The van der Waals surface area contributed by atoms with Crippen molar-refractivity contribution in [3.05, 3.63) is 29.3 Å². The molecule has 0 aliphatic carbocycles. The quantitative estimate of drug-likeness (QED) is 0.432. The molecule has 0 bridgehead atoms. The number of aromatic hydroxyl groups is 1. The maximum Gasteiger partial charge on any atom is 0.344 e. The number of aryl methyl sites for hydroxylation is 1. The van der Waals surface area contributed by atoms with E-state index in [2.05, 4.69) is 0 Å². The van der Waals surface area contributed by atoms with E-state index in [4.69, 9.17) is 14.6 Å². The van der Waals surface area contributed by atoms with E-state index in [1.807, 2.05) is 0 Å². The second-order valence-corrected chi connectivity index (χ2v) is 5.12. The Bertz CT molecular complexity index is 544. The molecule has 5 N–H and O–H groups in total. The predicted octanol–water partition coefficient (Wildman–Crippen LogP) is -1.34. The SMILES string of the molecule is Cc1ccc(O)c(C(=O)O[C@@H]2O[C@H](CO)[C@@H](O)[C@H](O)[C@H]2O)c1. The van der Waals surface area contributed by atoms with E-state index in [-0.39, 0.29) is 11.3 Å². The van der Waals surface area contributed by atoms with Crippen LogP contribution in [0.1, 0.15) is 15.9 Å². The molecule has 0 spiro atoms. The van der Waals surface area contributed by atoms with Gasteiger partial charge in [0.05, 0.1) is 6.61 Å². The zero-order chi connectivity index (χ0) is 16.4. The van der Waals surface area contributed by atoms with Gasteiger partial charge in [0.2, 0.25) is 6.29 Å². The minimum absolute atomic E-state index is 0.128. The van der Waals surface area contributed by atoms with Gasteiger partial charge in [-0.15, -0.1) is 0 Å². The number of hydrogen-bond acceptors (Lipinski definition) is 8. The predicted molar refractivity (Wildman–Crippen MR) is 72.0 cm³/mol. The van der Waals surface area contributed by atoms with Crippen LogP contribution in [0, 0.1) is 6.92 Å². The number of carbonyl (C=O) groups is 1. The van der Waals surface area contributed by atoms with Crippen LogP contribution in [0.2, 0.25) is 0 Å². The summed E-state index contributed by atoms with van der Waals surface area (Å²) in [4.78, 5) is 12.0. The van der Waals surface area contributed by atoms with Gasteiger partial charge in [-0.05, 0) is 19.1 Å². The lowest BCUT2D eigenvalue weighted by Gasteiger charge is -2.39. The van der Waals surface area contributed by atoms with Gasteiger partial charge in [-0.1, -0.05) is 11.6 Å². The van der Waals surface area contributed by atoms with E-state index in [9.17, 15) is 25.2 Å². The number of aliphatic hydroxyl groups excluding tert-OH is 4. The van der Waals surface area contributed by atoms with Crippen LogP contribution in [0.4, 0.5) is 0 Å². The summed E-state index contributed by atoms with van der Waals surface area (Å²) in [5, 5.41) is 47.8. The Kier molecular flexibility index (Phi) is 4.99. The normalized spacial score (nSPS) is 31.8. The second-order valence-electron chi connectivity index (χ2n) is 5.12. The zero-order valence-electron chi connectivity index (χ0n) is 11.8. The number of carbonyl (C=O) groups excluding carboxylic acids is 1. The van der Waals surface area contributed by atoms with Crippen molar-refractivity contribution in [3.63, 3.8) is 0 Å². The van der Waals surface area contributed by atoms with Gasteiger partial charge in [-0.25, -0.2) is 4.79 Å². The third-order valence-electron chi connectivity index (χ3n) is 3.44. The maximum absolute atomic E-state index is 12.0. The van der Waals surface area contributed by atoms with E-state index in [0.717, 1.165) is 0 Å².